The van der Waals surface area contributed by atoms with Crippen molar-refractivity contribution < 1.29 is 0 Å². The van der Waals surface area contributed by atoms with Gasteiger partial charge in [-0.05, 0) is 18.2 Å². The topological polar surface area (TPSA) is 52.0 Å². The van der Waals surface area contributed by atoms with E-state index < -0.39 is 0 Å². The maximum absolute atomic E-state index is 5.82. The van der Waals surface area contributed by atoms with Gasteiger partial charge in [-0.25, -0.2) is 0 Å². The number of hydrogen-bond donors (Lipinski definition) is 2. The Hall–Kier alpha value is -1.74. The Labute approximate surface area is 91.1 Å². The molecule has 0 aliphatic rings. The quantitative estimate of drug-likeness (QED) is 0.564. The van der Waals surface area contributed by atoms with Crippen molar-refractivity contribution in [2.24, 2.45) is 0 Å². The van der Waals surface area contributed by atoms with Gasteiger partial charge in [0.2, 0.25) is 0 Å². The fourth-order valence-electron chi connectivity index (χ4n) is 1.80. The maximum atomic E-state index is 5.82. The highest BCUT2D eigenvalue weighted by Crippen LogP contribution is 2.36. The summed E-state index contributed by atoms with van der Waals surface area (Å²) in [6, 6.07) is 12.2. The standard InChI is InChI=1S/C12H10N2S/c13-9-5-8-7-3-1-2-4-11(7)15-12(8)6-10(9)14/h1-6H,13-14H2. The van der Waals surface area contributed by atoms with Crippen molar-refractivity contribution in [2.45, 2.75) is 0 Å². The van der Waals surface area contributed by atoms with Crippen molar-refractivity contribution in [2.75, 3.05) is 11.5 Å². The number of fused-ring (bicyclic) bond motifs is 3. The molecule has 0 fully saturated rings. The molecule has 0 saturated heterocycles. The van der Waals surface area contributed by atoms with Gasteiger partial charge in [0.25, 0.3) is 0 Å². The second-order valence-corrected chi connectivity index (χ2v) is 4.66. The minimum absolute atomic E-state index is 0.658. The summed E-state index contributed by atoms with van der Waals surface area (Å²) in [6.07, 6.45) is 0. The second-order valence-electron chi connectivity index (χ2n) is 3.58. The molecule has 0 amide bonds. The fourth-order valence-corrected chi connectivity index (χ4v) is 2.94. The van der Waals surface area contributed by atoms with Gasteiger partial charge in [0.05, 0.1) is 11.4 Å². The Bertz CT molecular complexity index is 655. The number of anilines is 2. The Morgan fingerprint density at radius 1 is 0.800 bits per heavy atom. The average molecular weight is 214 g/mol. The summed E-state index contributed by atoms with van der Waals surface area (Å²) >= 11 is 1.75. The average Bonchev–Trinajstić information content (AvgIpc) is 2.57. The lowest BCUT2D eigenvalue weighted by Crippen LogP contribution is -1.92. The maximum Gasteiger partial charge on any atom is 0.0562 e. The first-order valence-electron chi connectivity index (χ1n) is 4.72. The van der Waals surface area contributed by atoms with Crippen LogP contribution >= 0.6 is 11.3 Å². The second kappa shape index (κ2) is 2.87. The van der Waals surface area contributed by atoms with Gasteiger partial charge in [-0.1, -0.05) is 18.2 Å². The zero-order valence-electron chi connectivity index (χ0n) is 8.03. The van der Waals surface area contributed by atoms with E-state index in [1.807, 2.05) is 24.3 Å². The molecule has 3 heteroatoms. The van der Waals surface area contributed by atoms with E-state index in [1.165, 1.54) is 20.2 Å². The van der Waals surface area contributed by atoms with Crippen LogP contribution in [0.2, 0.25) is 0 Å². The third-order valence-electron chi connectivity index (χ3n) is 2.58. The fraction of sp³-hybridized carbons (Fsp3) is 0. The van der Waals surface area contributed by atoms with E-state index in [9.17, 15) is 0 Å². The molecule has 0 bridgehead atoms. The number of nitrogen functional groups attached to an aromatic ring is 2. The van der Waals surface area contributed by atoms with E-state index in [0.29, 0.717) is 11.4 Å². The van der Waals surface area contributed by atoms with Crippen LogP contribution in [0.3, 0.4) is 0 Å². The van der Waals surface area contributed by atoms with Crippen LogP contribution in [0.1, 0.15) is 0 Å². The third-order valence-corrected chi connectivity index (χ3v) is 3.72. The molecule has 0 aliphatic carbocycles. The predicted molar refractivity (Wildman–Crippen MR) is 68.2 cm³/mol. The van der Waals surface area contributed by atoms with Gasteiger partial charge in [-0.3, -0.25) is 0 Å². The summed E-state index contributed by atoms with van der Waals surface area (Å²) in [6.45, 7) is 0. The first-order chi connectivity index (χ1) is 7.25. The number of thiophene rings is 1. The summed E-state index contributed by atoms with van der Waals surface area (Å²) in [5, 5.41) is 2.45. The zero-order valence-corrected chi connectivity index (χ0v) is 8.84. The minimum Gasteiger partial charge on any atom is -0.397 e. The van der Waals surface area contributed by atoms with Crippen molar-refractivity contribution in [1.29, 1.82) is 0 Å². The summed E-state index contributed by atoms with van der Waals surface area (Å²) < 4.78 is 2.47. The van der Waals surface area contributed by atoms with Gasteiger partial charge in [0.1, 0.15) is 0 Å². The molecule has 1 aromatic heterocycles. The normalized spacial score (nSPS) is 11.2. The molecule has 74 valence electrons. The van der Waals surface area contributed by atoms with Crippen LogP contribution in [0.5, 0.6) is 0 Å². The van der Waals surface area contributed by atoms with Crippen molar-refractivity contribution >= 4 is 42.9 Å². The first-order valence-corrected chi connectivity index (χ1v) is 5.53. The van der Waals surface area contributed by atoms with E-state index in [0.717, 1.165) is 0 Å². The molecule has 0 saturated carbocycles. The highest BCUT2D eigenvalue weighted by Gasteiger charge is 2.06. The van der Waals surface area contributed by atoms with Gasteiger partial charge in [0, 0.05) is 20.2 Å². The Balaban J connectivity index is 2.56. The molecule has 2 aromatic carbocycles. The van der Waals surface area contributed by atoms with E-state index >= 15 is 0 Å². The Morgan fingerprint density at radius 3 is 2.40 bits per heavy atom. The molecular formula is C12H10N2S. The van der Waals surface area contributed by atoms with Crippen LogP contribution < -0.4 is 11.5 Å². The summed E-state index contributed by atoms with van der Waals surface area (Å²) in [5.74, 6) is 0. The highest BCUT2D eigenvalue weighted by molar-refractivity contribution is 7.25. The van der Waals surface area contributed by atoms with Crippen molar-refractivity contribution in [1.82, 2.24) is 0 Å². The molecule has 3 aromatic rings. The zero-order chi connectivity index (χ0) is 10.4. The van der Waals surface area contributed by atoms with Crippen molar-refractivity contribution in [3.63, 3.8) is 0 Å². The highest BCUT2D eigenvalue weighted by atomic mass is 32.1. The molecule has 0 spiro atoms. The largest absolute Gasteiger partial charge is 0.397 e. The summed E-state index contributed by atoms with van der Waals surface area (Å²) in [4.78, 5) is 0. The van der Waals surface area contributed by atoms with Crippen molar-refractivity contribution in [3.05, 3.63) is 36.4 Å². The lowest BCUT2D eigenvalue weighted by atomic mass is 10.1. The van der Waals surface area contributed by atoms with Gasteiger partial charge in [0.15, 0.2) is 0 Å². The third kappa shape index (κ3) is 1.17. The monoisotopic (exact) mass is 214 g/mol. The van der Waals surface area contributed by atoms with Crippen LogP contribution in [0.4, 0.5) is 11.4 Å². The van der Waals surface area contributed by atoms with Gasteiger partial charge in [-0.2, -0.15) is 0 Å². The van der Waals surface area contributed by atoms with Crippen molar-refractivity contribution in [3.8, 4) is 0 Å². The number of benzene rings is 2. The van der Waals surface area contributed by atoms with Crippen LogP contribution in [-0.2, 0) is 0 Å². The lowest BCUT2D eigenvalue weighted by Gasteiger charge is -1.99. The number of rotatable bonds is 0. The van der Waals surface area contributed by atoms with Gasteiger partial charge < -0.3 is 11.5 Å². The molecule has 0 unspecified atom stereocenters. The SMILES string of the molecule is Nc1cc2sc3ccccc3c2cc1N. The van der Waals surface area contributed by atoms with Crippen LogP contribution in [-0.4, -0.2) is 0 Å². The van der Waals surface area contributed by atoms with E-state index in [2.05, 4.69) is 12.1 Å². The lowest BCUT2D eigenvalue weighted by molar-refractivity contribution is 1.75. The molecule has 0 aliphatic heterocycles. The minimum atomic E-state index is 0.658. The van der Waals surface area contributed by atoms with Crippen LogP contribution in [0.15, 0.2) is 36.4 Å². The first kappa shape index (κ1) is 8.56. The predicted octanol–water partition coefficient (Wildman–Crippen LogP) is 3.22. The van der Waals surface area contributed by atoms with Gasteiger partial charge >= 0.3 is 0 Å². The smallest absolute Gasteiger partial charge is 0.0562 e. The van der Waals surface area contributed by atoms with E-state index in [1.54, 1.807) is 11.3 Å². The molecule has 4 N–H and O–H groups in total. The molecule has 0 radical (unpaired) electrons. The molecule has 0 atom stereocenters. The number of hydrogen-bond acceptors (Lipinski definition) is 3. The van der Waals surface area contributed by atoms with E-state index in [4.69, 9.17) is 11.5 Å². The molecule has 2 nitrogen and oxygen atoms in total. The van der Waals surface area contributed by atoms with E-state index in [-0.39, 0.29) is 0 Å². The molecular weight excluding hydrogens is 204 g/mol. The van der Waals surface area contributed by atoms with Crippen LogP contribution in [0.25, 0.3) is 20.2 Å². The van der Waals surface area contributed by atoms with Crippen LogP contribution in [0, 0.1) is 0 Å². The Morgan fingerprint density at radius 2 is 1.53 bits per heavy atom. The summed E-state index contributed by atoms with van der Waals surface area (Å²) in [7, 11) is 0. The summed E-state index contributed by atoms with van der Waals surface area (Å²) in [5.41, 5.74) is 12.9. The van der Waals surface area contributed by atoms with Gasteiger partial charge in [-0.15, -0.1) is 11.3 Å². The molecule has 1 heterocycles. The number of nitrogens with two attached hydrogens (primary N) is 2. The molecule has 3 rings (SSSR count). The molecule has 15 heavy (non-hydrogen) atoms. The Kier molecular flexibility index (Phi) is 1.64.